The van der Waals surface area contributed by atoms with Crippen LogP contribution in [0, 0.1) is 18.8 Å². The molecule has 0 heteroatoms. The largest absolute Gasteiger partial charge is 0.0625 e. The molecule has 0 saturated carbocycles. The third-order valence-electron chi connectivity index (χ3n) is 5.05. The molecular weight excluding hydrogens is 252 g/mol. The van der Waals surface area contributed by atoms with Gasteiger partial charge in [-0.3, -0.25) is 0 Å². The van der Waals surface area contributed by atoms with Crippen molar-refractivity contribution in [1.29, 1.82) is 0 Å². The molecule has 1 aromatic rings. The van der Waals surface area contributed by atoms with Crippen molar-refractivity contribution >= 4 is 0 Å². The van der Waals surface area contributed by atoms with Crippen LogP contribution in [0.5, 0.6) is 0 Å². The molecule has 0 fully saturated rings. The Morgan fingerprint density at radius 3 is 1.81 bits per heavy atom. The molecule has 1 rings (SSSR count). The van der Waals surface area contributed by atoms with Crippen LogP contribution in [-0.4, -0.2) is 0 Å². The van der Waals surface area contributed by atoms with Gasteiger partial charge in [-0.05, 0) is 58.3 Å². The van der Waals surface area contributed by atoms with E-state index in [2.05, 4.69) is 81.4 Å². The van der Waals surface area contributed by atoms with Crippen molar-refractivity contribution in [1.82, 2.24) is 0 Å². The first kappa shape index (κ1) is 18.3. The number of hydrogen-bond donors (Lipinski definition) is 0. The summed E-state index contributed by atoms with van der Waals surface area (Å²) < 4.78 is 0. The second kappa shape index (κ2) is 6.15. The van der Waals surface area contributed by atoms with Crippen molar-refractivity contribution in [3.63, 3.8) is 0 Å². The van der Waals surface area contributed by atoms with Crippen LogP contribution in [0.4, 0.5) is 0 Å². The van der Waals surface area contributed by atoms with Crippen LogP contribution in [0.2, 0.25) is 0 Å². The van der Waals surface area contributed by atoms with Gasteiger partial charge in [0.05, 0.1) is 0 Å². The minimum absolute atomic E-state index is 0.192. The van der Waals surface area contributed by atoms with Gasteiger partial charge < -0.3 is 0 Å². The van der Waals surface area contributed by atoms with E-state index in [0.717, 1.165) is 0 Å². The van der Waals surface area contributed by atoms with Gasteiger partial charge in [-0.15, -0.1) is 0 Å². The molecule has 0 atom stereocenters. The molecule has 0 aromatic heterocycles. The van der Waals surface area contributed by atoms with Crippen LogP contribution in [0.1, 0.15) is 84.6 Å². The van der Waals surface area contributed by atoms with Crippen LogP contribution in [0.25, 0.3) is 0 Å². The molecule has 0 amide bonds. The molecular formula is C21H36. The summed E-state index contributed by atoms with van der Waals surface area (Å²) in [5.74, 6) is 1.33. The van der Waals surface area contributed by atoms with Gasteiger partial charge in [-0.2, -0.15) is 0 Å². The lowest BCUT2D eigenvalue weighted by molar-refractivity contribution is 0.362. The molecule has 0 radical (unpaired) electrons. The van der Waals surface area contributed by atoms with Crippen LogP contribution in [-0.2, 0) is 17.3 Å². The SMILES string of the molecule is Cc1ccc(C(C)(C)C(C)C)c(C(C)(C)C)c1CC(C)C. The number of aryl methyl sites for hydroxylation is 1. The molecule has 21 heavy (non-hydrogen) atoms. The Morgan fingerprint density at radius 2 is 1.43 bits per heavy atom. The van der Waals surface area contributed by atoms with E-state index >= 15 is 0 Å². The zero-order valence-electron chi connectivity index (χ0n) is 16.0. The topological polar surface area (TPSA) is 0 Å². The first-order valence-corrected chi connectivity index (χ1v) is 8.52. The molecule has 0 nitrogen and oxygen atoms in total. The molecule has 0 aliphatic rings. The Morgan fingerprint density at radius 1 is 0.905 bits per heavy atom. The Balaban J connectivity index is 3.67. The summed E-state index contributed by atoms with van der Waals surface area (Å²) in [6.45, 7) is 23.5. The summed E-state index contributed by atoms with van der Waals surface area (Å²) in [5, 5.41) is 0. The summed E-state index contributed by atoms with van der Waals surface area (Å²) in [6.07, 6.45) is 1.18. The molecule has 0 heterocycles. The fourth-order valence-electron chi connectivity index (χ4n) is 3.13. The van der Waals surface area contributed by atoms with Crippen LogP contribution < -0.4 is 0 Å². The van der Waals surface area contributed by atoms with E-state index in [-0.39, 0.29) is 10.8 Å². The van der Waals surface area contributed by atoms with Crippen LogP contribution >= 0.6 is 0 Å². The maximum absolute atomic E-state index is 2.40. The van der Waals surface area contributed by atoms with Crippen molar-refractivity contribution in [2.75, 3.05) is 0 Å². The van der Waals surface area contributed by atoms with E-state index in [1.165, 1.54) is 12.0 Å². The van der Waals surface area contributed by atoms with Crippen molar-refractivity contribution in [3.05, 3.63) is 34.4 Å². The van der Waals surface area contributed by atoms with E-state index in [1.807, 2.05) is 0 Å². The molecule has 0 saturated heterocycles. The van der Waals surface area contributed by atoms with E-state index in [9.17, 15) is 0 Å². The minimum Gasteiger partial charge on any atom is -0.0625 e. The summed E-state index contributed by atoms with van der Waals surface area (Å²) in [4.78, 5) is 0. The molecule has 0 spiro atoms. The highest BCUT2D eigenvalue weighted by atomic mass is 14.4. The molecule has 0 bridgehead atoms. The quantitative estimate of drug-likeness (QED) is 0.599. The highest BCUT2D eigenvalue weighted by Gasteiger charge is 2.33. The maximum atomic E-state index is 2.40. The van der Waals surface area contributed by atoms with Gasteiger partial charge in [0.25, 0.3) is 0 Å². The average Bonchev–Trinajstić information content (AvgIpc) is 2.28. The summed E-state index contributed by atoms with van der Waals surface area (Å²) in [6, 6.07) is 4.73. The Bertz CT molecular complexity index is 481. The first-order valence-electron chi connectivity index (χ1n) is 8.52. The third-order valence-corrected chi connectivity index (χ3v) is 5.05. The number of rotatable bonds is 4. The van der Waals surface area contributed by atoms with Crippen molar-refractivity contribution < 1.29 is 0 Å². The highest BCUT2D eigenvalue weighted by molar-refractivity contribution is 5.48. The number of hydrogen-bond acceptors (Lipinski definition) is 0. The molecule has 120 valence electrons. The monoisotopic (exact) mass is 288 g/mol. The Kier molecular flexibility index (Phi) is 5.35. The summed E-state index contributed by atoms with van der Waals surface area (Å²) in [7, 11) is 0. The smallest absolute Gasteiger partial charge is 0.00775 e. The second-order valence-corrected chi connectivity index (χ2v) is 9.01. The Hall–Kier alpha value is -0.780. The Labute approximate surface area is 133 Å². The third kappa shape index (κ3) is 3.90. The van der Waals surface area contributed by atoms with Crippen molar-refractivity contribution in [2.45, 2.75) is 86.5 Å². The van der Waals surface area contributed by atoms with Gasteiger partial charge in [-0.25, -0.2) is 0 Å². The standard InChI is InChI=1S/C21H36/c1-14(2)13-17-16(5)11-12-18(19(17)20(6,7)8)21(9,10)15(3)4/h11-12,14-15H,13H2,1-10H3. The van der Waals surface area contributed by atoms with Gasteiger partial charge in [-0.1, -0.05) is 74.4 Å². The van der Waals surface area contributed by atoms with Crippen molar-refractivity contribution in [3.8, 4) is 0 Å². The molecule has 0 N–H and O–H groups in total. The van der Waals surface area contributed by atoms with Gasteiger partial charge in [0, 0.05) is 0 Å². The highest BCUT2D eigenvalue weighted by Crippen LogP contribution is 2.41. The lowest BCUT2D eigenvalue weighted by Gasteiger charge is -2.38. The van der Waals surface area contributed by atoms with E-state index in [4.69, 9.17) is 0 Å². The predicted octanol–water partition coefficient (Wildman–Crippen LogP) is 6.42. The van der Waals surface area contributed by atoms with Gasteiger partial charge in [0.15, 0.2) is 0 Å². The zero-order valence-corrected chi connectivity index (χ0v) is 16.0. The van der Waals surface area contributed by atoms with Gasteiger partial charge in [0.2, 0.25) is 0 Å². The first-order chi connectivity index (χ1) is 9.39. The fourth-order valence-corrected chi connectivity index (χ4v) is 3.13. The van der Waals surface area contributed by atoms with E-state index in [1.54, 1.807) is 16.7 Å². The van der Waals surface area contributed by atoms with Crippen molar-refractivity contribution in [2.24, 2.45) is 11.8 Å². The zero-order chi connectivity index (χ0) is 16.6. The van der Waals surface area contributed by atoms with Gasteiger partial charge in [0.1, 0.15) is 0 Å². The summed E-state index contributed by atoms with van der Waals surface area (Å²) >= 11 is 0. The van der Waals surface area contributed by atoms with E-state index in [0.29, 0.717) is 11.8 Å². The van der Waals surface area contributed by atoms with Crippen LogP contribution in [0.15, 0.2) is 12.1 Å². The predicted molar refractivity (Wildman–Crippen MR) is 96.3 cm³/mol. The average molecular weight is 289 g/mol. The second-order valence-electron chi connectivity index (χ2n) is 9.01. The number of benzene rings is 1. The fraction of sp³-hybridized carbons (Fsp3) is 0.714. The summed E-state index contributed by atoms with van der Waals surface area (Å²) in [5.41, 5.74) is 6.58. The van der Waals surface area contributed by atoms with Crippen LogP contribution in [0.3, 0.4) is 0 Å². The minimum atomic E-state index is 0.192. The molecule has 0 aliphatic carbocycles. The van der Waals surface area contributed by atoms with E-state index < -0.39 is 0 Å². The van der Waals surface area contributed by atoms with Gasteiger partial charge >= 0.3 is 0 Å². The molecule has 0 aliphatic heterocycles. The molecule has 1 aromatic carbocycles. The lowest BCUT2D eigenvalue weighted by Crippen LogP contribution is -2.30. The lowest BCUT2D eigenvalue weighted by atomic mass is 9.67. The molecule has 0 unspecified atom stereocenters. The maximum Gasteiger partial charge on any atom is -0.00775 e. The normalized spacial score (nSPS) is 13.3.